The van der Waals surface area contributed by atoms with Crippen LogP contribution in [0.2, 0.25) is 0 Å². The smallest absolute Gasteiger partial charge is 0.261 e. The molecule has 0 saturated heterocycles. The van der Waals surface area contributed by atoms with Crippen molar-refractivity contribution in [1.82, 2.24) is 15.7 Å². The molecule has 3 aromatic rings. The summed E-state index contributed by atoms with van der Waals surface area (Å²) in [7, 11) is 1.59. The highest BCUT2D eigenvalue weighted by molar-refractivity contribution is 5.99. The molecule has 0 unspecified atom stereocenters. The fourth-order valence-corrected chi connectivity index (χ4v) is 3.01. The highest BCUT2D eigenvalue weighted by atomic mass is 19.1. The van der Waals surface area contributed by atoms with E-state index >= 15 is 0 Å². The number of carbonyl (C=O) groups excluding carboxylic acids is 1. The molecule has 1 heterocycles. The Morgan fingerprint density at radius 2 is 1.91 bits per heavy atom. The van der Waals surface area contributed by atoms with Crippen LogP contribution in [0, 0.1) is 18.6 Å². The Labute approximate surface area is 184 Å². The van der Waals surface area contributed by atoms with Gasteiger partial charge in [0.2, 0.25) is 5.89 Å². The van der Waals surface area contributed by atoms with Gasteiger partial charge in [0.15, 0.2) is 0 Å². The zero-order chi connectivity index (χ0) is 23.1. The fraction of sp³-hybridized carbons (Fsp3) is 0.125. The highest BCUT2D eigenvalue weighted by Gasteiger charge is 2.17. The van der Waals surface area contributed by atoms with Crippen LogP contribution in [0.5, 0.6) is 0 Å². The summed E-state index contributed by atoms with van der Waals surface area (Å²) in [5, 5.41) is 6.37. The molecule has 3 rings (SSSR count). The number of benzene rings is 2. The zero-order valence-corrected chi connectivity index (χ0v) is 17.8. The first-order valence-corrected chi connectivity index (χ1v) is 9.75. The molecule has 6 nitrogen and oxygen atoms in total. The van der Waals surface area contributed by atoms with E-state index in [9.17, 15) is 13.6 Å². The molecule has 0 bridgehead atoms. The second-order valence-electron chi connectivity index (χ2n) is 6.87. The quantitative estimate of drug-likeness (QED) is 0.315. The van der Waals surface area contributed by atoms with Gasteiger partial charge in [0, 0.05) is 12.6 Å². The van der Waals surface area contributed by atoms with Crippen LogP contribution in [0.25, 0.3) is 17.0 Å². The van der Waals surface area contributed by atoms with E-state index in [2.05, 4.69) is 20.8 Å². The number of allylic oxidation sites excluding steroid dienone is 4. The molecular weight excluding hydrogens is 414 g/mol. The number of hydrazone groups is 1. The van der Waals surface area contributed by atoms with Crippen LogP contribution in [0.3, 0.4) is 0 Å². The molecule has 2 aromatic carbocycles. The van der Waals surface area contributed by atoms with E-state index in [1.165, 1.54) is 18.5 Å². The van der Waals surface area contributed by atoms with Gasteiger partial charge >= 0.3 is 0 Å². The number of carbonyl (C=O) groups is 1. The van der Waals surface area contributed by atoms with Gasteiger partial charge in [0.05, 0.1) is 18.1 Å². The number of nitrogens with zero attached hydrogens (tertiary/aromatic N) is 2. The summed E-state index contributed by atoms with van der Waals surface area (Å²) < 4.78 is 33.3. The molecule has 164 valence electrons. The third-order valence-electron chi connectivity index (χ3n) is 4.64. The van der Waals surface area contributed by atoms with Gasteiger partial charge in [0.1, 0.15) is 23.5 Å². The second-order valence-corrected chi connectivity index (χ2v) is 6.87. The van der Waals surface area contributed by atoms with E-state index < -0.39 is 23.1 Å². The summed E-state index contributed by atoms with van der Waals surface area (Å²) in [6.45, 7) is 3.88. The maximum Gasteiger partial charge on any atom is 0.261 e. The van der Waals surface area contributed by atoms with Gasteiger partial charge in [-0.2, -0.15) is 5.10 Å². The van der Waals surface area contributed by atoms with E-state index in [4.69, 9.17) is 4.42 Å². The van der Waals surface area contributed by atoms with Crippen molar-refractivity contribution in [1.29, 1.82) is 0 Å². The summed E-state index contributed by atoms with van der Waals surface area (Å²) in [4.78, 5) is 16.6. The summed E-state index contributed by atoms with van der Waals surface area (Å²) in [6, 6.07) is 9.08. The molecule has 8 heteroatoms. The standard InChI is InChI=1S/C24H22F2N4O2/c1-15-7-9-17(24-28-11-12-32-24)13-19(15)16(2)8-10-18(14-29-27-3)30-23(31)22-20(25)5-4-6-21(22)26/h4-14,27H,1-3H3,(H,30,31)/b16-8+,18-10+,29-14?. The molecule has 0 radical (unpaired) electrons. The topological polar surface area (TPSA) is 79.5 Å². The lowest BCUT2D eigenvalue weighted by molar-refractivity contribution is 0.0960. The predicted octanol–water partition coefficient (Wildman–Crippen LogP) is 4.85. The third kappa shape index (κ3) is 5.34. The molecule has 0 fully saturated rings. The van der Waals surface area contributed by atoms with Crippen molar-refractivity contribution in [3.63, 3.8) is 0 Å². The summed E-state index contributed by atoms with van der Waals surface area (Å²) in [6.07, 6.45) is 7.81. The SMILES string of the molecule is CNN=C/C(=C\C=C(/C)c1cc(-c2ncco2)ccc1C)NC(=O)c1c(F)cccc1F. The number of hydrogen-bond donors (Lipinski definition) is 2. The minimum Gasteiger partial charge on any atom is -0.445 e. The van der Waals surface area contributed by atoms with Crippen LogP contribution in [0.15, 0.2) is 76.2 Å². The van der Waals surface area contributed by atoms with Crippen molar-refractivity contribution in [3.05, 3.63) is 95.0 Å². The monoisotopic (exact) mass is 436 g/mol. The van der Waals surface area contributed by atoms with Crippen molar-refractivity contribution in [2.75, 3.05) is 7.05 Å². The number of oxazole rings is 1. The molecule has 32 heavy (non-hydrogen) atoms. The Bertz CT molecular complexity index is 1180. The Morgan fingerprint density at radius 1 is 1.16 bits per heavy atom. The molecule has 0 atom stereocenters. The maximum atomic E-state index is 13.9. The van der Waals surface area contributed by atoms with Gasteiger partial charge in [-0.3, -0.25) is 4.79 Å². The van der Waals surface area contributed by atoms with Gasteiger partial charge in [-0.15, -0.1) is 0 Å². The zero-order valence-electron chi connectivity index (χ0n) is 17.8. The number of aromatic nitrogens is 1. The molecule has 0 aliphatic carbocycles. The highest BCUT2D eigenvalue weighted by Crippen LogP contribution is 2.25. The number of halogens is 2. The lowest BCUT2D eigenvalue weighted by Gasteiger charge is -2.09. The largest absolute Gasteiger partial charge is 0.445 e. The Balaban J connectivity index is 1.91. The molecule has 2 N–H and O–H groups in total. The van der Waals surface area contributed by atoms with Crippen LogP contribution in [0.4, 0.5) is 8.78 Å². The second kappa shape index (κ2) is 10.3. The average Bonchev–Trinajstić information content (AvgIpc) is 3.30. The van der Waals surface area contributed by atoms with E-state index in [-0.39, 0.29) is 5.70 Å². The number of rotatable bonds is 7. The van der Waals surface area contributed by atoms with Crippen LogP contribution in [-0.2, 0) is 0 Å². The van der Waals surface area contributed by atoms with Crippen LogP contribution in [-0.4, -0.2) is 24.2 Å². The molecular formula is C24H22F2N4O2. The summed E-state index contributed by atoms with van der Waals surface area (Å²) >= 11 is 0. The molecule has 0 spiro atoms. The van der Waals surface area contributed by atoms with Crippen molar-refractivity contribution in [2.24, 2.45) is 5.10 Å². The van der Waals surface area contributed by atoms with Gasteiger partial charge in [-0.25, -0.2) is 13.8 Å². The van der Waals surface area contributed by atoms with Crippen molar-refractivity contribution in [3.8, 4) is 11.5 Å². The van der Waals surface area contributed by atoms with Crippen LogP contribution in [0.1, 0.15) is 28.4 Å². The number of aryl methyl sites for hydroxylation is 1. The summed E-state index contributed by atoms with van der Waals surface area (Å²) in [5.41, 5.74) is 5.86. The molecule has 0 saturated carbocycles. The van der Waals surface area contributed by atoms with Gasteiger partial charge in [-0.05, 0) is 60.9 Å². The first kappa shape index (κ1) is 22.6. The van der Waals surface area contributed by atoms with E-state index in [1.54, 1.807) is 25.4 Å². The lowest BCUT2D eigenvalue weighted by Crippen LogP contribution is -2.26. The summed E-state index contributed by atoms with van der Waals surface area (Å²) in [5.74, 6) is -2.30. The first-order valence-electron chi connectivity index (χ1n) is 9.75. The lowest BCUT2D eigenvalue weighted by atomic mass is 9.98. The van der Waals surface area contributed by atoms with Crippen molar-refractivity contribution in [2.45, 2.75) is 13.8 Å². The predicted molar refractivity (Wildman–Crippen MR) is 120 cm³/mol. The number of amides is 1. The maximum absolute atomic E-state index is 13.9. The Hall–Kier alpha value is -4.07. The number of nitrogens with one attached hydrogen (secondary N) is 2. The molecule has 0 aliphatic heterocycles. The molecule has 0 aliphatic rings. The van der Waals surface area contributed by atoms with Crippen molar-refractivity contribution >= 4 is 17.7 Å². The van der Waals surface area contributed by atoms with E-state index in [1.807, 2.05) is 32.0 Å². The minimum absolute atomic E-state index is 0.243. The molecule has 1 aromatic heterocycles. The van der Waals surface area contributed by atoms with E-state index in [0.717, 1.165) is 34.4 Å². The van der Waals surface area contributed by atoms with Crippen LogP contribution < -0.4 is 10.7 Å². The van der Waals surface area contributed by atoms with Gasteiger partial charge in [0.25, 0.3) is 5.91 Å². The van der Waals surface area contributed by atoms with Crippen molar-refractivity contribution < 1.29 is 18.0 Å². The Morgan fingerprint density at radius 3 is 2.56 bits per heavy atom. The minimum atomic E-state index is -0.946. The van der Waals surface area contributed by atoms with E-state index in [0.29, 0.717) is 5.89 Å². The van der Waals surface area contributed by atoms with Gasteiger partial charge < -0.3 is 15.2 Å². The Kier molecular flexibility index (Phi) is 7.28. The van der Waals surface area contributed by atoms with Crippen LogP contribution >= 0.6 is 0 Å². The fourth-order valence-electron chi connectivity index (χ4n) is 3.01. The molecule has 1 amide bonds. The number of hydrogen-bond acceptors (Lipinski definition) is 5. The normalized spacial score (nSPS) is 12.3. The first-order chi connectivity index (χ1) is 15.4. The van der Waals surface area contributed by atoms with Gasteiger partial charge in [-0.1, -0.05) is 18.2 Å². The average molecular weight is 436 g/mol. The third-order valence-corrected chi connectivity index (χ3v) is 4.64.